The third kappa shape index (κ3) is 4.92. The van der Waals surface area contributed by atoms with Gasteiger partial charge in [-0.3, -0.25) is 9.59 Å². The minimum absolute atomic E-state index is 0. The van der Waals surface area contributed by atoms with Crippen LogP contribution in [0.4, 0.5) is 5.69 Å². The molecule has 110 valence electrons. The Morgan fingerprint density at radius 1 is 1.45 bits per heavy atom. The Morgan fingerprint density at radius 2 is 2.25 bits per heavy atom. The smallest absolute Gasteiger partial charge is 0.227 e. The minimum Gasteiger partial charge on any atom is -0.375 e. The number of ether oxygens (including phenoxy) is 1. The topological polar surface area (TPSA) is 67.4 Å². The summed E-state index contributed by atoms with van der Waals surface area (Å²) in [7, 11) is 0. The lowest BCUT2D eigenvalue weighted by Gasteiger charge is -2.23. The molecule has 0 radical (unpaired) electrons. The van der Waals surface area contributed by atoms with Crippen LogP contribution in [0.25, 0.3) is 0 Å². The predicted molar refractivity (Wildman–Crippen MR) is 79.6 cm³/mol. The van der Waals surface area contributed by atoms with Gasteiger partial charge in [-0.15, -0.1) is 12.4 Å². The highest BCUT2D eigenvalue weighted by molar-refractivity contribution is 5.97. The van der Waals surface area contributed by atoms with Crippen LogP contribution in [0.2, 0.25) is 0 Å². The third-order valence-corrected chi connectivity index (χ3v) is 2.97. The van der Waals surface area contributed by atoms with Crippen molar-refractivity contribution in [3.63, 3.8) is 0 Å². The molecule has 1 aromatic carbocycles. The number of anilines is 1. The Balaban J connectivity index is 0.00000200. The molecule has 1 saturated heterocycles. The number of carbonyl (C=O) groups is 2. The van der Waals surface area contributed by atoms with Crippen molar-refractivity contribution in [2.24, 2.45) is 0 Å². The average Bonchev–Trinajstić information content (AvgIpc) is 2.40. The van der Waals surface area contributed by atoms with Crippen LogP contribution in [0, 0.1) is 0 Å². The first kappa shape index (κ1) is 16.6. The van der Waals surface area contributed by atoms with Crippen LogP contribution < -0.4 is 10.6 Å². The number of benzene rings is 1. The van der Waals surface area contributed by atoms with Gasteiger partial charge in [-0.2, -0.15) is 0 Å². The summed E-state index contributed by atoms with van der Waals surface area (Å²) >= 11 is 0. The Kier molecular flexibility index (Phi) is 6.64. The molecule has 5 nitrogen and oxygen atoms in total. The van der Waals surface area contributed by atoms with Gasteiger partial charge >= 0.3 is 0 Å². The van der Waals surface area contributed by atoms with Crippen molar-refractivity contribution >= 4 is 29.8 Å². The second kappa shape index (κ2) is 7.99. The zero-order valence-electron chi connectivity index (χ0n) is 11.3. The van der Waals surface area contributed by atoms with Crippen molar-refractivity contribution < 1.29 is 14.3 Å². The fourth-order valence-corrected chi connectivity index (χ4v) is 1.99. The lowest BCUT2D eigenvalue weighted by Crippen LogP contribution is -2.40. The molecule has 1 aliphatic heterocycles. The molecule has 0 saturated carbocycles. The van der Waals surface area contributed by atoms with Gasteiger partial charge in [-0.25, -0.2) is 0 Å². The molecule has 1 aromatic rings. The summed E-state index contributed by atoms with van der Waals surface area (Å²) in [4.78, 5) is 23.1. The molecule has 2 rings (SSSR count). The van der Waals surface area contributed by atoms with Gasteiger partial charge in [0.25, 0.3) is 0 Å². The van der Waals surface area contributed by atoms with Crippen molar-refractivity contribution in [3.05, 3.63) is 29.8 Å². The van der Waals surface area contributed by atoms with Crippen molar-refractivity contribution in [1.82, 2.24) is 5.32 Å². The molecule has 1 unspecified atom stereocenters. The Bertz CT molecular complexity index is 473. The maximum absolute atomic E-state index is 11.9. The fourth-order valence-electron chi connectivity index (χ4n) is 1.99. The summed E-state index contributed by atoms with van der Waals surface area (Å²) in [5, 5.41) is 5.96. The van der Waals surface area contributed by atoms with E-state index >= 15 is 0 Å². The van der Waals surface area contributed by atoms with E-state index in [0.29, 0.717) is 30.8 Å². The van der Waals surface area contributed by atoms with E-state index in [1.54, 1.807) is 24.3 Å². The lowest BCUT2D eigenvalue weighted by molar-refractivity contribution is -0.119. The fraction of sp³-hybridized carbons (Fsp3) is 0.429. The number of hydrogen-bond acceptors (Lipinski definition) is 4. The molecule has 0 aliphatic carbocycles. The summed E-state index contributed by atoms with van der Waals surface area (Å²) in [6.07, 6.45) is 0.238. The van der Waals surface area contributed by atoms with Crippen LogP contribution >= 0.6 is 12.4 Å². The molecule has 1 amide bonds. The van der Waals surface area contributed by atoms with E-state index in [-0.39, 0.29) is 30.2 Å². The van der Waals surface area contributed by atoms with Crippen LogP contribution in [-0.4, -0.2) is 37.5 Å². The second-order valence-electron chi connectivity index (χ2n) is 4.59. The monoisotopic (exact) mass is 298 g/mol. The Morgan fingerprint density at radius 3 is 2.90 bits per heavy atom. The van der Waals surface area contributed by atoms with E-state index in [1.165, 1.54) is 6.92 Å². The van der Waals surface area contributed by atoms with Gasteiger partial charge in [-0.1, -0.05) is 12.1 Å². The molecule has 0 spiro atoms. The molecule has 0 aromatic heterocycles. The zero-order valence-corrected chi connectivity index (χ0v) is 12.2. The van der Waals surface area contributed by atoms with Crippen LogP contribution in [0.3, 0.4) is 0 Å². The number of rotatable bonds is 4. The first-order chi connectivity index (χ1) is 9.15. The number of Topliss-reactive ketones (excluding diaryl/α,β-unsaturated/α-hetero) is 1. The quantitative estimate of drug-likeness (QED) is 0.829. The maximum atomic E-state index is 11.9. The first-order valence-corrected chi connectivity index (χ1v) is 6.38. The van der Waals surface area contributed by atoms with Crippen LogP contribution in [0.15, 0.2) is 24.3 Å². The van der Waals surface area contributed by atoms with E-state index in [1.807, 2.05) is 0 Å². The highest BCUT2D eigenvalue weighted by Crippen LogP contribution is 2.12. The zero-order chi connectivity index (χ0) is 13.7. The van der Waals surface area contributed by atoms with Gasteiger partial charge in [0.15, 0.2) is 5.78 Å². The molecule has 1 fully saturated rings. The number of amides is 1. The van der Waals surface area contributed by atoms with Crippen molar-refractivity contribution in [1.29, 1.82) is 0 Å². The summed E-state index contributed by atoms with van der Waals surface area (Å²) in [5.74, 6) is -0.120. The molecule has 1 heterocycles. The number of ketones is 1. The van der Waals surface area contributed by atoms with E-state index < -0.39 is 0 Å². The molecule has 20 heavy (non-hydrogen) atoms. The largest absolute Gasteiger partial charge is 0.375 e. The second-order valence-corrected chi connectivity index (χ2v) is 4.59. The molecule has 2 N–H and O–H groups in total. The van der Waals surface area contributed by atoms with Gasteiger partial charge in [0.1, 0.15) is 0 Å². The van der Waals surface area contributed by atoms with Gasteiger partial charge in [0, 0.05) is 24.3 Å². The van der Waals surface area contributed by atoms with Gasteiger partial charge in [0.05, 0.1) is 19.1 Å². The molecule has 1 aliphatic rings. The molecule has 6 heteroatoms. The minimum atomic E-state index is -0.102. The highest BCUT2D eigenvalue weighted by Gasteiger charge is 2.17. The van der Waals surface area contributed by atoms with Gasteiger partial charge < -0.3 is 15.4 Å². The summed E-state index contributed by atoms with van der Waals surface area (Å²) in [6.45, 7) is 3.67. The van der Waals surface area contributed by atoms with Crippen molar-refractivity contribution in [2.45, 2.75) is 19.4 Å². The molecular weight excluding hydrogens is 280 g/mol. The number of carbonyl (C=O) groups excluding carboxylic acids is 2. The lowest BCUT2D eigenvalue weighted by atomic mass is 10.1. The normalized spacial score (nSPS) is 17.9. The third-order valence-electron chi connectivity index (χ3n) is 2.97. The number of hydrogen-bond donors (Lipinski definition) is 2. The first-order valence-electron chi connectivity index (χ1n) is 6.38. The van der Waals surface area contributed by atoms with Crippen molar-refractivity contribution in [2.75, 3.05) is 25.0 Å². The molecule has 1 atom stereocenters. The van der Waals surface area contributed by atoms with E-state index in [0.717, 1.165) is 6.54 Å². The Hall–Kier alpha value is -1.43. The number of nitrogens with one attached hydrogen (secondary N) is 2. The number of halogens is 1. The van der Waals surface area contributed by atoms with Crippen LogP contribution in [0.5, 0.6) is 0 Å². The standard InChI is InChI=1S/C14H18N2O3.ClH/c1-10(17)11-3-2-4-12(7-11)16-14(18)8-13-9-15-5-6-19-13;/h2-4,7,13,15H,5-6,8-9H2,1H3,(H,16,18);1H. The summed E-state index contributed by atoms with van der Waals surface area (Å²) in [6, 6.07) is 6.93. The average molecular weight is 299 g/mol. The predicted octanol–water partition coefficient (Wildman–Crippen LogP) is 1.63. The van der Waals surface area contributed by atoms with E-state index in [2.05, 4.69) is 10.6 Å². The Labute approximate surface area is 124 Å². The van der Waals surface area contributed by atoms with E-state index in [4.69, 9.17) is 4.74 Å². The van der Waals surface area contributed by atoms with Crippen LogP contribution in [0.1, 0.15) is 23.7 Å². The maximum Gasteiger partial charge on any atom is 0.227 e. The number of morpholine rings is 1. The van der Waals surface area contributed by atoms with E-state index in [9.17, 15) is 9.59 Å². The summed E-state index contributed by atoms with van der Waals surface area (Å²) < 4.78 is 5.47. The molecule has 0 bridgehead atoms. The summed E-state index contributed by atoms with van der Waals surface area (Å²) in [5.41, 5.74) is 1.23. The SMILES string of the molecule is CC(=O)c1cccc(NC(=O)CC2CNCCO2)c1.Cl. The van der Waals surface area contributed by atoms with Gasteiger partial charge in [-0.05, 0) is 19.1 Å². The van der Waals surface area contributed by atoms with Crippen LogP contribution in [-0.2, 0) is 9.53 Å². The highest BCUT2D eigenvalue weighted by atomic mass is 35.5. The molecular formula is C14H19ClN2O3. The van der Waals surface area contributed by atoms with Gasteiger partial charge in [0.2, 0.25) is 5.91 Å². The van der Waals surface area contributed by atoms with Crippen molar-refractivity contribution in [3.8, 4) is 0 Å².